The van der Waals surface area contributed by atoms with Gasteiger partial charge in [-0.3, -0.25) is 4.79 Å². The molecule has 0 bridgehead atoms. The second-order valence-corrected chi connectivity index (χ2v) is 7.26. The van der Waals surface area contributed by atoms with Gasteiger partial charge >= 0.3 is 6.03 Å². The van der Waals surface area contributed by atoms with Gasteiger partial charge in [0.1, 0.15) is 0 Å². The fraction of sp³-hybridized carbons (Fsp3) is 0.263. The van der Waals surface area contributed by atoms with Crippen molar-refractivity contribution < 1.29 is 9.59 Å². The highest BCUT2D eigenvalue weighted by Crippen LogP contribution is 2.18. The SMILES string of the molecule is CC(=O)c1ccc(N2CCN(C(=O)Nc3cccc(I)c3)CC2)cc1. The third-order valence-corrected chi connectivity index (χ3v) is 4.95. The summed E-state index contributed by atoms with van der Waals surface area (Å²) in [6, 6.07) is 15.4. The van der Waals surface area contributed by atoms with Gasteiger partial charge in [0.05, 0.1) is 0 Å². The molecule has 1 saturated heterocycles. The summed E-state index contributed by atoms with van der Waals surface area (Å²) in [6.45, 7) is 4.47. The molecule has 5 nitrogen and oxygen atoms in total. The van der Waals surface area contributed by atoms with E-state index in [4.69, 9.17) is 0 Å². The van der Waals surface area contributed by atoms with E-state index in [1.54, 1.807) is 6.92 Å². The molecular formula is C19H20IN3O2. The van der Waals surface area contributed by atoms with Gasteiger partial charge in [0.25, 0.3) is 0 Å². The van der Waals surface area contributed by atoms with Crippen molar-refractivity contribution in [1.29, 1.82) is 0 Å². The molecule has 0 aliphatic carbocycles. The van der Waals surface area contributed by atoms with Crippen LogP contribution in [0.15, 0.2) is 48.5 Å². The summed E-state index contributed by atoms with van der Waals surface area (Å²) >= 11 is 2.23. The van der Waals surface area contributed by atoms with Gasteiger partial charge in [-0.2, -0.15) is 0 Å². The van der Waals surface area contributed by atoms with E-state index in [1.165, 1.54) is 0 Å². The lowest BCUT2D eigenvalue weighted by atomic mass is 10.1. The molecule has 0 saturated carbocycles. The molecule has 1 aliphatic rings. The van der Waals surface area contributed by atoms with Crippen LogP contribution in [-0.4, -0.2) is 42.9 Å². The van der Waals surface area contributed by atoms with Gasteiger partial charge in [0.2, 0.25) is 0 Å². The molecule has 1 fully saturated rings. The van der Waals surface area contributed by atoms with E-state index in [1.807, 2.05) is 53.4 Å². The summed E-state index contributed by atoms with van der Waals surface area (Å²) in [5.41, 5.74) is 2.63. The van der Waals surface area contributed by atoms with Crippen LogP contribution in [0.5, 0.6) is 0 Å². The Kier molecular flexibility index (Phi) is 5.57. The maximum Gasteiger partial charge on any atom is 0.321 e. The quantitative estimate of drug-likeness (QED) is 0.573. The molecule has 3 rings (SSSR count). The Labute approximate surface area is 161 Å². The highest BCUT2D eigenvalue weighted by Gasteiger charge is 2.21. The Balaban J connectivity index is 1.56. The molecular weight excluding hydrogens is 429 g/mol. The molecule has 2 amide bonds. The molecule has 1 heterocycles. The van der Waals surface area contributed by atoms with Gasteiger partial charge in [0, 0.05) is 46.7 Å². The number of halogens is 1. The molecule has 0 spiro atoms. The molecule has 0 unspecified atom stereocenters. The first kappa shape index (κ1) is 17.7. The number of carbonyl (C=O) groups is 2. The molecule has 2 aromatic rings. The van der Waals surface area contributed by atoms with Crippen LogP contribution in [0.4, 0.5) is 16.2 Å². The van der Waals surface area contributed by atoms with E-state index in [2.05, 4.69) is 32.8 Å². The monoisotopic (exact) mass is 449 g/mol. The number of rotatable bonds is 3. The molecule has 1 N–H and O–H groups in total. The first-order valence-electron chi connectivity index (χ1n) is 8.20. The second kappa shape index (κ2) is 7.86. The van der Waals surface area contributed by atoms with Gasteiger partial charge < -0.3 is 15.1 Å². The molecule has 0 radical (unpaired) electrons. The number of Topliss-reactive ketones (excluding diaryl/α,β-unsaturated/α-hetero) is 1. The molecule has 6 heteroatoms. The maximum atomic E-state index is 12.4. The number of amides is 2. The summed E-state index contributed by atoms with van der Waals surface area (Å²) in [5, 5.41) is 2.95. The highest BCUT2D eigenvalue weighted by molar-refractivity contribution is 14.1. The van der Waals surface area contributed by atoms with Crippen molar-refractivity contribution in [2.24, 2.45) is 0 Å². The van der Waals surface area contributed by atoms with Crippen molar-refractivity contribution in [3.8, 4) is 0 Å². The van der Waals surface area contributed by atoms with Crippen molar-refractivity contribution in [3.05, 3.63) is 57.7 Å². The molecule has 25 heavy (non-hydrogen) atoms. The van der Waals surface area contributed by atoms with Crippen LogP contribution in [-0.2, 0) is 0 Å². The Morgan fingerprint density at radius 3 is 2.28 bits per heavy atom. The number of ketones is 1. The number of hydrogen-bond donors (Lipinski definition) is 1. The highest BCUT2D eigenvalue weighted by atomic mass is 127. The first-order valence-corrected chi connectivity index (χ1v) is 9.28. The van der Waals surface area contributed by atoms with Crippen molar-refractivity contribution in [2.45, 2.75) is 6.92 Å². The Hall–Kier alpha value is -2.09. The summed E-state index contributed by atoms with van der Waals surface area (Å²) in [5.74, 6) is 0.0728. The minimum absolute atomic E-state index is 0.0615. The minimum atomic E-state index is -0.0615. The van der Waals surface area contributed by atoms with E-state index in [-0.39, 0.29) is 11.8 Å². The number of nitrogens with zero attached hydrogens (tertiary/aromatic N) is 2. The van der Waals surface area contributed by atoms with Crippen LogP contribution in [0.1, 0.15) is 17.3 Å². The normalized spacial score (nSPS) is 14.3. The lowest BCUT2D eigenvalue weighted by molar-refractivity contribution is 0.101. The van der Waals surface area contributed by atoms with Crippen molar-refractivity contribution in [2.75, 3.05) is 36.4 Å². The number of piperazine rings is 1. The van der Waals surface area contributed by atoms with Crippen molar-refractivity contribution in [1.82, 2.24) is 4.90 Å². The second-order valence-electron chi connectivity index (χ2n) is 6.02. The van der Waals surface area contributed by atoms with Crippen molar-refractivity contribution >= 4 is 45.8 Å². The fourth-order valence-corrected chi connectivity index (χ4v) is 3.39. The van der Waals surface area contributed by atoms with Gasteiger partial charge in [-0.1, -0.05) is 6.07 Å². The van der Waals surface area contributed by atoms with E-state index < -0.39 is 0 Å². The number of benzene rings is 2. The summed E-state index contributed by atoms with van der Waals surface area (Å²) in [6.07, 6.45) is 0. The van der Waals surface area contributed by atoms with Crippen LogP contribution in [0.2, 0.25) is 0 Å². The summed E-state index contributed by atoms with van der Waals surface area (Å²) in [4.78, 5) is 27.8. The van der Waals surface area contributed by atoms with Gasteiger partial charge in [-0.05, 0) is 72.0 Å². The fourth-order valence-electron chi connectivity index (χ4n) is 2.84. The zero-order valence-electron chi connectivity index (χ0n) is 14.0. The number of anilines is 2. The van der Waals surface area contributed by atoms with Crippen LogP contribution >= 0.6 is 22.6 Å². The van der Waals surface area contributed by atoms with Gasteiger partial charge in [-0.25, -0.2) is 4.79 Å². The predicted octanol–water partition coefficient (Wildman–Crippen LogP) is 3.85. The third kappa shape index (κ3) is 4.50. The lowest BCUT2D eigenvalue weighted by Gasteiger charge is -2.36. The summed E-state index contributed by atoms with van der Waals surface area (Å²) in [7, 11) is 0. The third-order valence-electron chi connectivity index (χ3n) is 4.28. The molecule has 130 valence electrons. The smallest absolute Gasteiger partial charge is 0.321 e. The predicted molar refractivity (Wildman–Crippen MR) is 108 cm³/mol. The zero-order chi connectivity index (χ0) is 17.8. The lowest BCUT2D eigenvalue weighted by Crippen LogP contribution is -2.50. The number of carbonyl (C=O) groups excluding carboxylic acids is 2. The average Bonchev–Trinajstić information content (AvgIpc) is 2.62. The van der Waals surface area contributed by atoms with E-state index in [0.29, 0.717) is 13.1 Å². The van der Waals surface area contributed by atoms with E-state index in [9.17, 15) is 9.59 Å². The molecule has 2 aromatic carbocycles. The standard InChI is InChI=1S/C19H20IN3O2/c1-14(24)15-5-7-18(8-6-15)22-9-11-23(12-10-22)19(25)21-17-4-2-3-16(20)13-17/h2-8,13H,9-12H2,1H3,(H,21,25). The Bertz CT molecular complexity index is 768. The summed E-state index contributed by atoms with van der Waals surface area (Å²) < 4.78 is 1.09. The minimum Gasteiger partial charge on any atom is -0.368 e. The molecule has 0 aromatic heterocycles. The van der Waals surface area contributed by atoms with Crippen LogP contribution in [0.3, 0.4) is 0 Å². The topological polar surface area (TPSA) is 52.7 Å². The van der Waals surface area contributed by atoms with Crippen molar-refractivity contribution in [3.63, 3.8) is 0 Å². The molecule has 0 atom stereocenters. The number of nitrogens with one attached hydrogen (secondary N) is 1. The Morgan fingerprint density at radius 1 is 1.00 bits per heavy atom. The first-order chi connectivity index (χ1) is 12.0. The zero-order valence-corrected chi connectivity index (χ0v) is 16.2. The van der Waals surface area contributed by atoms with E-state index in [0.717, 1.165) is 33.6 Å². The van der Waals surface area contributed by atoms with Gasteiger partial charge in [-0.15, -0.1) is 0 Å². The van der Waals surface area contributed by atoms with Gasteiger partial charge in [0.15, 0.2) is 5.78 Å². The average molecular weight is 449 g/mol. The molecule has 1 aliphatic heterocycles. The Morgan fingerprint density at radius 2 is 1.68 bits per heavy atom. The van der Waals surface area contributed by atoms with Crippen LogP contribution in [0.25, 0.3) is 0 Å². The number of hydrogen-bond acceptors (Lipinski definition) is 3. The maximum absolute atomic E-state index is 12.4. The largest absolute Gasteiger partial charge is 0.368 e. The number of urea groups is 1. The van der Waals surface area contributed by atoms with Crippen LogP contribution < -0.4 is 10.2 Å². The van der Waals surface area contributed by atoms with E-state index >= 15 is 0 Å². The van der Waals surface area contributed by atoms with Crippen LogP contribution in [0, 0.1) is 3.57 Å².